The molecule has 20 heavy (non-hydrogen) atoms. The Kier molecular flexibility index (Phi) is 4.42. The quantitative estimate of drug-likeness (QED) is 0.593. The van der Waals surface area contributed by atoms with Crippen molar-refractivity contribution < 1.29 is 0 Å². The van der Waals surface area contributed by atoms with E-state index < -0.39 is 0 Å². The van der Waals surface area contributed by atoms with Gasteiger partial charge in [0, 0.05) is 5.56 Å². The third-order valence-corrected chi connectivity index (χ3v) is 3.38. The van der Waals surface area contributed by atoms with Gasteiger partial charge in [0.25, 0.3) is 0 Å². The summed E-state index contributed by atoms with van der Waals surface area (Å²) in [6, 6.07) is 5.75. The van der Waals surface area contributed by atoms with Crippen molar-refractivity contribution in [2.24, 2.45) is 5.84 Å². The van der Waals surface area contributed by atoms with Crippen molar-refractivity contribution in [3.05, 3.63) is 40.7 Å². The van der Waals surface area contributed by atoms with Gasteiger partial charge in [0.1, 0.15) is 18.0 Å². The summed E-state index contributed by atoms with van der Waals surface area (Å²) in [7, 11) is 0. The third-order valence-electron chi connectivity index (χ3n) is 3.06. The van der Waals surface area contributed by atoms with E-state index in [1.54, 1.807) is 0 Å². The van der Waals surface area contributed by atoms with Crippen molar-refractivity contribution in [3.8, 4) is 0 Å². The summed E-state index contributed by atoms with van der Waals surface area (Å²) in [6.45, 7) is 6.11. The predicted molar refractivity (Wildman–Crippen MR) is 83.4 cm³/mol. The Morgan fingerprint density at radius 2 is 1.90 bits per heavy atom. The Bertz CT molecular complexity index is 592. The van der Waals surface area contributed by atoms with Gasteiger partial charge >= 0.3 is 0 Å². The minimum absolute atomic E-state index is 0.215. The number of rotatable bonds is 4. The molecule has 0 saturated heterocycles. The summed E-state index contributed by atoms with van der Waals surface area (Å²) in [5, 5.41) is 3.94. The van der Waals surface area contributed by atoms with Crippen LogP contribution in [-0.4, -0.2) is 9.97 Å². The maximum atomic E-state index is 6.24. The monoisotopic (exact) mass is 291 g/mol. The highest BCUT2D eigenvalue weighted by atomic mass is 35.5. The molecule has 0 aliphatic rings. The number of aryl methyl sites for hydroxylation is 1. The van der Waals surface area contributed by atoms with E-state index in [4.69, 9.17) is 17.4 Å². The van der Waals surface area contributed by atoms with Gasteiger partial charge < -0.3 is 10.7 Å². The average molecular weight is 292 g/mol. The SMILES string of the molecule is Cc1cccc(Cl)c1Nc1ncnc(NN)c1C(C)C. The van der Waals surface area contributed by atoms with Crippen molar-refractivity contribution in [3.63, 3.8) is 0 Å². The lowest BCUT2D eigenvalue weighted by molar-refractivity contribution is 0.850. The summed E-state index contributed by atoms with van der Waals surface area (Å²) in [6.07, 6.45) is 1.47. The molecule has 0 bridgehead atoms. The molecular weight excluding hydrogens is 274 g/mol. The van der Waals surface area contributed by atoms with Gasteiger partial charge in [-0.3, -0.25) is 0 Å². The fourth-order valence-corrected chi connectivity index (χ4v) is 2.33. The number of nitrogens with zero attached hydrogens (tertiary/aromatic N) is 2. The third kappa shape index (κ3) is 2.84. The van der Waals surface area contributed by atoms with E-state index >= 15 is 0 Å². The first kappa shape index (κ1) is 14.6. The molecule has 2 rings (SSSR count). The molecule has 0 aliphatic carbocycles. The number of para-hydroxylation sites is 1. The second-order valence-corrected chi connectivity index (χ2v) is 5.25. The Balaban J connectivity index is 2.49. The van der Waals surface area contributed by atoms with Crippen molar-refractivity contribution in [1.82, 2.24) is 9.97 Å². The topological polar surface area (TPSA) is 75.9 Å². The van der Waals surface area contributed by atoms with E-state index in [1.165, 1.54) is 6.33 Å². The van der Waals surface area contributed by atoms with Crippen molar-refractivity contribution in [2.45, 2.75) is 26.7 Å². The fourth-order valence-electron chi connectivity index (χ4n) is 2.07. The average Bonchev–Trinajstić information content (AvgIpc) is 2.42. The normalized spacial score (nSPS) is 10.7. The van der Waals surface area contributed by atoms with Crippen LogP contribution in [0.15, 0.2) is 24.5 Å². The molecule has 106 valence electrons. The molecule has 6 heteroatoms. The Morgan fingerprint density at radius 1 is 1.20 bits per heavy atom. The second kappa shape index (κ2) is 6.07. The Morgan fingerprint density at radius 3 is 2.50 bits per heavy atom. The van der Waals surface area contributed by atoms with Crippen LogP contribution < -0.4 is 16.6 Å². The molecule has 4 N–H and O–H groups in total. The minimum atomic E-state index is 0.215. The van der Waals surface area contributed by atoms with Gasteiger partial charge in [-0.1, -0.05) is 37.6 Å². The number of anilines is 3. The predicted octanol–water partition coefficient (Wildman–Crippen LogP) is 3.59. The lowest BCUT2D eigenvalue weighted by Crippen LogP contribution is -2.14. The molecule has 0 atom stereocenters. The van der Waals surface area contributed by atoms with Crippen LogP contribution in [0.4, 0.5) is 17.3 Å². The molecule has 1 aromatic heterocycles. The fraction of sp³-hybridized carbons (Fsp3) is 0.286. The standard InChI is InChI=1S/C14H18ClN5/c1-8(2)11-13(17-7-18-14(11)20-16)19-12-9(3)5-4-6-10(12)15/h4-8H,16H2,1-3H3,(H2,17,18,19,20). The van der Waals surface area contributed by atoms with Crippen LogP contribution in [0, 0.1) is 6.92 Å². The first-order valence-electron chi connectivity index (χ1n) is 6.38. The number of hydrogen-bond acceptors (Lipinski definition) is 5. The molecular formula is C14H18ClN5. The van der Waals surface area contributed by atoms with E-state index in [0.29, 0.717) is 16.7 Å². The largest absolute Gasteiger partial charge is 0.338 e. The highest BCUT2D eigenvalue weighted by Gasteiger charge is 2.16. The van der Waals surface area contributed by atoms with Crippen LogP contribution in [0.1, 0.15) is 30.9 Å². The molecule has 0 spiro atoms. The van der Waals surface area contributed by atoms with E-state index in [-0.39, 0.29) is 5.92 Å². The number of hydrazine groups is 1. The Hall–Kier alpha value is -1.85. The lowest BCUT2D eigenvalue weighted by atomic mass is 10.0. The van der Waals surface area contributed by atoms with Crippen LogP contribution >= 0.6 is 11.6 Å². The van der Waals surface area contributed by atoms with Gasteiger partial charge in [0.15, 0.2) is 0 Å². The number of nitrogens with two attached hydrogens (primary N) is 1. The number of aromatic nitrogens is 2. The smallest absolute Gasteiger partial charge is 0.148 e. The number of nitrogen functional groups attached to an aromatic ring is 1. The molecule has 2 aromatic rings. The zero-order valence-electron chi connectivity index (χ0n) is 11.7. The minimum Gasteiger partial charge on any atom is -0.338 e. The maximum Gasteiger partial charge on any atom is 0.148 e. The van der Waals surface area contributed by atoms with Gasteiger partial charge in [0.2, 0.25) is 0 Å². The molecule has 0 aliphatic heterocycles. The van der Waals surface area contributed by atoms with Crippen LogP contribution in [0.3, 0.4) is 0 Å². The van der Waals surface area contributed by atoms with Gasteiger partial charge in [-0.05, 0) is 24.5 Å². The molecule has 0 amide bonds. The van der Waals surface area contributed by atoms with Crippen molar-refractivity contribution >= 4 is 28.9 Å². The first-order valence-corrected chi connectivity index (χ1v) is 6.76. The van der Waals surface area contributed by atoms with Crippen molar-refractivity contribution in [1.29, 1.82) is 0 Å². The van der Waals surface area contributed by atoms with Crippen molar-refractivity contribution in [2.75, 3.05) is 10.7 Å². The van der Waals surface area contributed by atoms with E-state index in [0.717, 1.165) is 16.8 Å². The van der Waals surface area contributed by atoms with Crippen LogP contribution in [-0.2, 0) is 0 Å². The lowest BCUT2D eigenvalue weighted by Gasteiger charge is -2.18. The summed E-state index contributed by atoms with van der Waals surface area (Å²) < 4.78 is 0. The first-order chi connectivity index (χ1) is 9.54. The van der Waals surface area contributed by atoms with Crippen LogP contribution in [0.25, 0.3) is 0 Å². The molecule has 0 fully saturated rings. The van der Waals surface area contributed by atoms with Crippen LogP contribution in [0.2, 0.25) is 5.02 Å². The maximum absolute atomic E-state index is 6.24. The zero-order chi connectivity index (χ0) is 14.7. The summed E-state index contributed by atoms with van der Waals surface area (Å²) in [4.78, 5) is 8.45. The van der Waals surface area contributed by atoms with Gasteiger partial charge in [-0.2, -0.15) is 0 Å². The highest BCUT2D eigenvalue weighted by Crippen LogP contribution is 2.33. The van der Waals surface area contributed by atoms with E-state index in [2.05, 4.69) is 34.6 Å². The number of benzene rings is 1. The number of hydrogen-bond donors (Lipinski definition) is 3. The molecule has 0 radical (unpaired) electrons. The van der Waals surface area contributed by atoms with Gasteiger partial charge in [0.05, 0.1) is 10.7 Å². The summed E-state index contributed by atoms with van der Waals surface area (Å²) in [5.41, 5.74) is 5.43. The zero-order valence-corrected chi connectivity index (χ0v) is 12.5. The molecule has 1 aromatic carbocycles. The molecule has 0 unspecified atom stereocenters. The van der Waals surface area contributed by atoms with Gasteiger partial charge in [-0.15, -0.1) is 0 Å². The molecule has 5 nitrogen and oxygen atoms in total. The summed E-state index contributed by atoms with van der Waals surface area (Å²) >= 11 is 6.24. The summed E-state index contributed by atoms with van der Waals surface area (Å²) in [5.74, 6) is 7.05. The van der Waals surface area contributed by atoms with E-state index in [9.17, 15) is 0 Å². The Labute approximate surface area is 123 Å². The number of nitrogens with one attached hydrogen (secondary N) is 2. The number of halogens is 1. The van der Waals surface area contributed by atoms with Gasteiger partial charge in [-0.25, -0.2) is 15.8 Å². The van der Waals surface area contributed by atoms with E-state index in [1.807, 2.05) is 25.1 Å². The van der Waals surface area contributed by atoms with Crippen LogP contribution in [0.5, 0.6) is 0 Å². The molecule has 0 saturated carbocycles. The molecule has 1 heterocycles. The highest BCUT2D eigenvalue weighted by molar-refractivity contribution is 6.33. The second-order valence-electron chi connectivity index (χ2n) is 4.84.